The molecule has 5 nitrogen and oxygen atoms in total. The minimum atomic E-state index is 0.239. The van der Waals surface area contributed by atoms with Gasteiger partial charge in [0.25, 0.3) is 0 Å². The molecular weight excluding hydrogens is 274 g/mol. The van der Waals surface area contributed by atoms with Crippen LogP contribution in [0.3, 0.4) is 0 Å². The average Bonchev–Trinajstić information content (AvgIpc) is 3.02. The summed E-state index contributed by atoms with van der Waals surface area (Å²) < 4.78 is 5.21. The summed E-state index contributed by atoms with van der Waals surface area (Å²) >= 11 is 1.59. The van der Waals surface area contributed by atoms with E-state index in [0.29, 0.717) is 24.6 Å². The summed E-state index contributed by atoms with van der Waals surface area (Å²) in [5, 5.41) is 16.6. The second-order valence-corrected chi connectivity index (χ2v) is 5.41. The lowest BCUT2D eigenvalue weighted by Gasteiger charge is -1.99. The van der Waals surface area contributed by atoms with Gasteiger partial charge >= 0.3 is 0 Å². The van der Waals surface area contributed by atoms with Gasteiger partial charge < -0.3 is 9.63 Å². The van der Waals surface area contributed by atoms with Gasteiger partial charge in [-0.05, 0) is 13.0 Å². The molecule has 20 heavy (non-hydrogen) atoms. The summed E-state index contributed by atoms with van der Waals surface area (Å²) in [5.74, 6) is 1.35. The van der Waals surface area contributed by atoms with Crippen LogP contribution in [0, 0.1) is 6.92 Å². The van der Waals surface area contributed by atoms with Crippen LogP contribution < -0.4 is 0 Å². The maximum atomic E-state index is 9.72. The number of hydrogen-bond acceptors (Lipinski definition) is 6. The zero-order valence-corrected chi connectivity index (χ0v) is 11.7. The van der Waals surface area contributed by atoms with Gasteiger partial charge in [0.05, 0.1) is 12.8 Å². The van der Waals surface area contributed by atoms with E-state index in [9.17, 15) is 5.11 Å². The lowest BCUT2D eigenvalue weighted by Crippen LogP contribution is -1.92. The molecule has 2 heterocycles. The smallest absolute Gasteiger partial charge is 0.231 e. The molecule has 0 radical (unpaired) electrons. The van der Waals surface area contributed by atoms with E-state index in [1.54, 1.807) is 23.5 Å². The van der Waals surface area contributed by atoms with Gasteiger partial charge in [-0.25, -0.2) is 4.98 Å². The van der Waals surface area contributed by atoms with Crippen LogP contribution >= 0.6 is 11.3 Å². The van der Waals surface area contributed by atoms with Crippen LogP contribution in [0.15, 0.2) is 34.2 Å². The van der Waals surface area contributed by atoms with E-state index in [-0.39, 0.29) is 5.75 Å². The predicted octanol–water partition coefficient (Wildman–Crippen LogP) is 2.72. The van der Waals surface area contributed by atoms with Crippen molar-refractivity contribution < 1.29 is 9.63 Å². The fraction of sp³-hybridized carbons (Fsp3) is 0.214. The first-order valence-corrected chi connectivity index (χ1v) is 7.08. The van der Waals surface area contributed by atoms with Crippen molar-refractivity contribution in [2.75, 3.05) is 0 Å². The first-order chi connectivity index (χ1) is 9.70. The van der Waals surface area contributed by atoms with Gasteiger partial charge in [-0.15, -0.1) is 11.3 Å². The van der Waals surface area contributed by atoms with Crippen molar-refractivity contribution in [3.05, 3.63) is 57.6 Å². The highest BCUT2D eigenvalue weighted by atomic mass is 32.1. The maximum Gasteiger partial charge on any atom is 0.231 e. The topological polar surface area (TPSA) is 72.0 Å². The zero-order valence-electron chi connectivity index (χ0n) is 10.9. The number of thiazole rings is 1. The van der Waals surface area contributed by atoms with Gasteiger partial charge in [0.15, 0.2) is 5.82 Å². The fourth-order valence-corrected chi connectivity index (χ4v) is 2.64. The minimum Gasteiger partial charge on any atom is -0.508 e. The molecule has 3 rings (SSSR count). The molecule has 1 N–H and O–H groups in total. The normalized spacial score (nSPS) is 10.8. The third-order valence-electron chi connectivity index (χ3n) is 2.82. The first-order valence-electron chi connectivity index (χ1n) is 6.20. The molecule has 0 spiro atoms. The summed E-state index contributed by atoms with van der Waals surface area (Å²) in [6.45, 7) is 1.96. The Morgan fingerprint density at radius 1 is 1.20 bits per heavy atom. The molecule has 3 aromatic rings. The highest BCUT2D eigenvalue weighted by molar-refractivity contribution is 7.09. The Morgan fingerprint density at radius 3 is 2.80 bits per heavy atom. The molecule has 0 fully saturated rings. The van der Waals surface area contributed by atoms with Gasteiger partial charge in [-0.2, -0.15) is 4.98 Å². The van der Waals surface area contributed by atoms with Crippen molar-refractivity contribution in [1.29, 1.82) is 0 Å². The van der Waals surface area contributed by atoms with Crippen LogP contribution in [-0.2, 0) is 12.8 Å². The molecule has 0 bridgehead atoms. The molecule has 6 heteroatoms. The van der Waals surface area contributed by atoms with E-state index in [4.69, 9.17) is 4.52 Å². The molecule has 0 aliphatic rings. The van der Waals surface area contributed by atoms with Crippen LogP contribution in [0.1, 0.15) is 28.0 Å². The first kappa shape index (κ1) is 12.8. The Kier molecular flexibility index (Phi) is 3.47. The van der Waals surface area contributed by atoms with E-state index in [1.807, 2.05) is 24.4 Å². The summed E-state index contributed by atoms with van der Waals surface area (Å²) in [5.41, 5.74) is 1.77. The van der Waals surface area contributed by atoms with E-state index >= 15 is 0 Å². The lowest BCUT2D eigenvalue weighted by atomic mass is 10.1. The Hall–Kier alpha value is -2.21. The molecular formula is C14H13N3O2S. The molecule has 0 aliphatic carbocycles. The maximum absolute atomic E-state index is 9.72. The zero-order chi connectivity index (χ0) is 13.9. The lowest BCUT2D eigenvalue weighted by molar-refractivity contribution is 0.378. The van der Waals surface area contributed by atoms with Crippen molar-refractivity contribution in [1.82, 2.24) is 15.1 Å². The average molecular weight is 287 g/mol. The Bertz CT molecular complexity index is 721. The number of para-hydroxylation sites is 1. The number of hydrogen-bond donors (Lipinski definition) is 1. The van der Waals surface area contributed by atoms with Gasteiger partial charge in [0.1, 0.15) is 10.8 Å². The monoisotopic (exact) mass is 287 g/mol. The van der Waals surface area contributed by atoms with E-state index in [2.05, 4.69) is 15.1 Å². The largest absolute Gasteiger partial charge is 0.508 e. The van der Waals surface area contributed by atoms with Gasteiger partial charge in [0, 0.05) is 16.6 Å². The van der Waals surface area contributed by atoms with Crippen LogP contribution in [0.25, 0.3) is 0 Å². The molecule has 0 aliphatic heterocycles. The van der Waals surface area contributed by atoms with Crippen LogP contribution in [0.4, 0.5) is 0 Å². The van der Waals surface area contributed by atoms with Crippen LogP contribution in [0.2, 0.25) is 0 Å². The second kappa shape index (κ2) is 5.42. The molecule has 2 aromatic heterocycles. The third kappa shape index (κ3) is 2.85. The van der Waals surface area contributed by atoms with Crippen molar-refractivity contribution in [2.45, 2.75) is 19.8 Å². The molecule has 0 unspecified atom stereocenters. The van der Waals surface area contributed by atoms with Gasteiger partial charge in [-0.3, -0.25) is 0 Å². The summed E-state index contributed by atoms with van der Waals surface area (Å²) in [6, 6.07) is 7.13. The number of benzene rings is 1. The van der Waals surface area contributed by atoms with Crippen LogP contribution in [-0.4, -0.2) is 20.2 Å². The van der Waals surface area contributed by atoms with E-state index < -0.39 is 0 Å². The SMILES string of the molecule is Cc1csc(Cc2noc(Cc3ccccc3O)n2)n1. The minimum absolute atomic E-state index is 0.239. The number of aromatic hydroxyl groups is 1. The highest BCUT2D eigenvalue weighted by Gasteiger charge is 2.11. The Morgan fingerprint density at radius 2 is 2.05 bits per heavy atom. The van der Waals surface area contributed by atoms with Gasteiger partial charge in [-0.1, -0.05) is 23.4 Å². The number of aromatic nitrogens is 3. The molecule has 0 amide bonds. The van der Waals surface area contributed by atoms with E-state index in [1.165, 1.54) is 0 Å². The second-order valence-electron chi connectivity index (χ2n) is 4.47. The number of nitrogens with zero attached hydrogens (tertiary/aromatic N) is 3. The number of aryl methyl sites for hydroxylation is 1. The van der Waals surface area contributed by atoms with Crippen molar-refractivity contribution >= 4 is 11.3 Å². The van der Waals surface area contributed by atoms with Crippen molar-refractivity contribution in [2.24, 2.45) is 0 Å². The van der Waals surface area contributed by atoms with Crippen molar-refractivity contribution in [3.63, 3.8) is 0 Å². The predicted molar refractivity (Wildman–Crippen MR) is 74.9 cm³/mol. The fourth-order valence-electron chi connectivity index (χ4n) is 1.88. The molecule has 0 saturated carbocycles. The number of phenolic OH excluding ortho intramolecular Hbond substituents is 1. The van der Waals surface area contributed by atoms with Gasteiger partial charge in [0.2, 0.25) is 5.89 Å². The van der Waals surface area contributed by atoms with Crippen molar-refractivity contribution in [3.8, 4) is 5.75 Å². The molecule has 0 saturated heterocycles. The summed E-state index contributed by atoms with van der Waals surface area (Å²) in [4.78, 5) is 8.70. The summed E-state index contributed by atoms with van der Waals surface area (Å²) in [7, 11) is 0. The third-order valence-corrected chi connectivity index (χ3v) is 3.79. The Labute approximate surface area is 119 Å². The van der Waals surface area contributed by atoms with E-state index in [0.717, 1.165) is 16.3 Å². The quantitative estimate of drug-likeness (QED) is 0.798. The molecule has 0 atom stereocenters. The Balaban J connectivity index is 1.72. The molecule has 1 aromatic carbocycles. The number of rotatable bonds is 4. The standard InChI is InChI=1S/C14H13N3O2S/c1-9-8-20-14(15-9)7-12-16-13(19-17-12)6-10-4-2-3-5-11(10)18/h2-5,8,18H,6-7H2,1H3. The summed E-state index contributed by atoms with van der Waals surface area (Å²) in [6.07, 6.45) is 0.999. The molecule has 102 valence electrons. The van der Waals surface area contributed by atoms with Crippen LogP contribution in [0.5, 0.6) is 5.75 Å². The highest BCUT2D eigenvalue weighted by Crippen LogP contribution is 2.19. The number of phenols is 1.